The standard InChI is InChI=1S/C12H16N2O/c1-10-8-14(12(15)7-13-10)9-11-5-3-2-4-6-11/h2-6,10,13H,7-9H2,1H3/t10-/m0/s1. The Morgan fingerprint density at radius 1 is 1.40 bits per heavy atom. The molecule has 1 fully saturated rings. The summed E-state index contributed by atoms with van der Waals surface area (Å²) in [5, 5.41) is 3.16. The number of hydrogen-bond acceptors (Lipinski definition) is 2. The van der Waals surface area contributed by atoms with Crippen LogP contribution in [0.1, 0.15) is 12.5 Å². The maximum absolute atomic E-state index is 11.6. The molecular weight excluding hydrogens is 188 g/mol. The van der Waals surface area contributed by atoms with Crippen LogP contribution in [-0.2, 0) is 11.3 Å². The third kappa shape index (κ3) is 2.57. The van der Waals surface area contributed by atoms with Crippen molar-refractivity contribution in [2.24, 2.45) is 0 Å². The molecule has 3 heteroatoms. The van der Waals surface area contributed by atoms with Crippen molar-refractivity contribution in [1.29, 1.82) is 0 Å². The van der Waals surface area contributed by atoms with Crippen LogP contribution in [0.2, 0.25) is 0 Å². The Hall–Kier alpha value is -1.35. The van der Waals surface area contributed by atoms with Gasteiger partial charge in [-0.05, 0) is 12.5 Å². The molecule has 1 aromatic carbocycles. The molecule has 0 aliphatic carbocycles. The number of hydrogen-bond donors (Lipinski definition) is 1. The molecule has 1 aliphatic rings. The quantitative estimate of drug-likeness (QED) is 0.779. The van der Waals surface area contributed by atoms with Crippen molar-refractivity contribution in [2.45, 2.75) is 19.5 Å². The molecule has 80 valence electrons. The SMILES string of the molecule is C[C@H]1CN(Cc2ccccc2)C(=O)CN1. The van der Waals surface area contributed by atoms with Crippen LogP contribution in [0.4, 0.5) is 0 Å². The first-order valence-corrected chi connectivity index (χ1v) is 5.31. The van der Waals surface area contributed by atoms with Crippen molar-refractivity contribution in [2.75, 3.05) is 13.1 Å². The fourth-order valence-corrected chi connectivity index (χ4v) is 1.83. The molecule has 0 spiro atoms. The van der Waals surface area contributed by atoms with E-state index in [1.165, 1.54) is 5.56 Å². The highest BCUT2D eigenvalue weighted by molar-refractivity contribution is 5.79. The van der Waals surface area contributed by atoms with Crippen LogP contribution in [0.15, 0.2) is 30.3 Å². The Kier molecular flexibility index (Phi) is 3.02. The summed E-state index contributed by atoms with van der Waals surface area (Å²) in [5.41, 5.74) is 1.19. The van der Waals surface area contributed by atoms with Gasteiger partial charge in [0, 0.05) is 19.1 Å². The Morgan fingerprint density at radius 2 is 2.13 bits per heavy atom. The van der Waals surface area contributed by atoms with Crippen molar-refractivity contribution >= 4 is 5.91 Å². The second kappa shape index (κ2) is 4.45. The molecule has 1 heterocycles. The van der Waals surface area contributed by atoms with Gasteiger partial charge in [-0.3, -0.25) is 4.79 Å². The zero-order chi connectivity index (χ0) is 10.7. The summed E-state index contributed by atoms with van der Waals surface area (Å²) in [6.45, 7) is 4.10. The maximum atomic E-state index is 11.6. The van der Waals surface area contributed by atoms with Crippen molar-refractivity contribution in [1.82, 2.24) is 10.2 Å². The minimum atomic E-state index is 0.192. The predicted molar refractivity (Wildman–Crippen MR) is 59.3 cm³/mol. The lowest BCUT2D eigenvalue weighted by atomic mass is 10.1. The van der Waals surface area contributed by atoms with E-state index in [1.54, 1.807) is 0 Å². The Labute approximate surface area is 90.1 Å². The lowest BCUT2D eigenvalue weighted by Gasteiger charge is -2.31. The zero-order valence-corrected chi connectivity index (χ0v) is 8.94. The van der Waals surface area contributed by atoms with Gasteiger partial charge in [0.1, 0.15) is 0 Å². The summed E-state index contributed by atoms with van der Waals surface area (Å²) in [6, 6.07) is 10.5. The van der Waals surface area contributed by atoms with E-state index in [4.69, 9.17) is 0 Å². The monoisotopic (exact) mass is 204 g/mol. The third-order valence-electron chi connectivity index (χ3n) is 2.66. The first-order valence-electron chi connectivity index (χ1n) is 5.31. The lowest BCUT2D eigenvalue weighted by Crippen LogP contribution is -2.52. The zero-order valence-electron chi connectivity index (χ0n) is 8.94. The number of carbonyl (C=O) groups is 1. The van der Waals surface area contributed by atoms with Gasteiger partial charge in [-0.1, -0.05) is 30.3 Å². The summed E-state index contributed by atoms with van der Waals surface area (Å²) < 4.78 is 0. The van der Waals surface area contributed by atoms with Crippen LogP contribution < -0.4 is 5.32 Å². The number of benzene rings is 1. The van der Waals surface area contributed by atoms with Crippen LogP contribution in [0.5, 0.6) is 0 Å². The molecule has 1 aliphatic heterocycles. The van der Waals surface area contributed by atoms with E-state index in [1.807, 2.05) is 23.1 Å². The summed E-state index contributed by atoms with van der Waals surface area (Å²) in [5.74, 6) is 0.192. The second-order valence-electron chi connectivity index (χ2n) is 4.04. The van der Waals surface area contributed by atoms with Crippen LogP contribution in [0, 0.1) is 0 Å². The van der Waals surface area contributed by atoms with Gasteiger partial charge in [0.2, 0.25) is 5.91 Å². The Morgan fingerprint density at radius 3 is 2.87 bits per heavy atom. The summed E-state index contributed by atoms with van der Waals surface area (Å²) >= 11 is 0. The summed E-state index contributed by atoms with van der Waals surface area (Å²) in [6.07, 6.45) is 0. The van der Waals surface area contributed by atoms with Gasteiger partial charge in [-0.2, -0.15) is 0 Å². The molecule has 3 nitrogen and oxygen atoms in total. The minimum absolute atomic E-state index is 0.192. The highest BCUT2D eigenvalue weighted by Gasteiger charge is 2.21. The normalized spacial score (nSPS) is 21.8. The highest BCUT2D eigenvalue weighted by Crippen LogP contribution is 2.07. The summed E-state index contributed by atoms with van der Waals surface area (Å²) in [7, 11) is 0. The van der Waals surface area contributed by atoms with E-state index in [0.717, 1.165) is 13.1 Å². The fraction of sp³-hybridized carbons (Fsp3) is 0.417. The number of piperazine rings is 1. The second-order valence-corrected chi connectivity index (χ2v) is 4.04. The van der Waals surface area contributed by atoms with Gasteiger partial charge < -0.3 is 10.2 Å². The molecule has 1 atom stereocenters. The van der Waals surface area contributed by atoms with Crippen LogP contribution in [0.25, 0.3) is 0 Å². The third-order valence-corrected chi connectivity index (χ3v) is 2.66. The topological polar surface area (TPSA) is 32.3 Å². The first kappa shape index (κ1) is 10.2. The smallest absolute Gasteiger partial charge is 0.236 e. The first-order chi connectivity index (χ1) is 7.25. The number of nitrogens with zero attached hydrogens (tertiary/aromatic N) is 1. The van der Waals surface area contributed by atoms with Crippen molar-refractivity contribution in [3.63, 3.8) is 0 Å². The molecule has 2 rings (SSSR count). The fourth-order valence-electron chi connectivity index (χ4n) is 1.83. The van der Waals surface area contributed by atoms with Gasteiger partial charge in [0.05, 0.1) is 6.54 Å². The molecule has 1 saturated heterocycles. The largest absolute Gasteiger partial charge is 0.336 e. The van der Waals surface area contributed by atoms with Gasteiger partial charge in [-0.15, -0.1) is 0 Å². The summed E-state index contributed by atoms with van der Waals surface area (Å²) in [4.78, 5) is 13.5. The number of nitrogens with one attached hydrogen (secondary N) is 1. The highest BCUT2D eigenvalue weighted by atomic mass is 16.2. The lowest BCUT2D eigenvalue weighted by molar-refractivity contribution is -0.133. The van der Waals surface area contributed by atoms with Crippen molar-refractivity contribution in [3.8, 4) is 0 Å². The van der Waals surface area contributed by atoms with Crippen molar-refractivity contribution in [3.05, 3.63) is 35.9 Å². The van der Waals surface area contributed by atoms with E-state index in [2.05, 4.69) is 24.4 Å². The van der Waals surface area contributed by atoms with Crippen molar-refractivity contribution < 1.29 is 4.79 Å². The molecular formula is C12H16N2O. The van der Waals surface area contributed by atoms with Crippen LogP contribution >= 0.6 is 0 Å². The Balaban J connectivity index is 2.01. The minimum Gasteiger partial charge on any atom is -0.336 e. The molecule has 0 radical (unpaired) electrons. The molecule has 0 unspecified atom stereocenters. The van der Waals surface area contributed by atoms with Crippen LogP contribution in [-0.4, -0.2) is 29.9 Å². The Bertz CT molecular complexity index is 337. The molecule has 0 saturated carbocycles. The van der Waals surface area contributed by atoms with E-state index in [9.17, 15) is 4.79 Å². The van der Waals surface area contributed by atoms with E-state index in [0.29, 0.717) is 12.6 Å². The van der Waals surface area contributed by atoms with Gasteiger partial charge >= 0.3 is 0 Å². The predicted octanol–water partition coefficient (Wildman–Crippen LogP) is 1.01. The number of amides is 1. The molecule has 0 aromatic heterocycles. The average Bonchev–Trinajstić information content (AvgIpc) is 2.25. The van der Waals surface area contributed by atoms with Gasteiger partial charge in [-0.25, -0.2) is 0 Å². The van der Waals surface area contributed by atoms with E-state index >= 15 is 0 Å². The number of carbonyl (C=O) groups excluding carboxylic acids is 1. The molecule has 0 bridgehead atoms. The van der Waals surface area contributed by atoms with Crippen LogP contribution in [0.3, 0.4) is 0 Å². The molecule has 1 aromatic rings. The average molecular weight is 204 g/mol. The maximum Gasteiger partial charge on any atom is 0.236 e. The van der Waals surface area contributed by atoms with Gasteiger partial charge in [0.15, 0.2) is 0 Å². The molecule has 1 amide bonds. The van der Waals surface area contributed by atoms with E-state index in [-0.39, 0.29) is 5.91 Å². The molecule has 15 heavy (non-hydrogen) atoms. The van der Waals surface area contributed by atoms with Gasteiger partial charge in [0.25, 0.3) is 0 Å². The van der Waals surface area contributed by atoms with E-state index < -0.39 is 0 Å². The molecule has 1 N–H and O–H groups in total. The number of rotatable bonds is 2.